The van der Waals surface area contributed by atoms with E-state index in [1.165, 1.54) is 0 Å². The monoisotopic (exact) mass is 286 g/mol. The van der Waals surface area contributed by atoms with Crippen LogP contribution in [0.4, 0.5) is 0 Å². The fourth-order valence-electron chi connectivity index (χ4n) is 2.16. The van der Waals surface area contributed by atoms with Crippen LogP contribution in [0.3, 0.4) is 0 Å². The van der Waals surface area contributed by atoms with Crippen LogP contribution in [0.15, 0.2) is 42.5 Å². The van der Waals surface area contributed by atoms with Crippen molar-refractivity contribution in [2.75, 3.05) is 21.3 Å². The van der Waals surface area contributed by atoms with Crippen LogP contribution in [-0.2, 0) is 11.3 Å². The standard InChI is InChI=1S/C17H18O4/c1-19-11-14-15(20-2)9-13(10-16(14)21-3)17(18)12-7-5-4-6-8-12/h4-10H,11H2,1-3H3. The molecule has 2 aromatic carbocycles. The van der Waals surface area contributed by atoms with Gasteiger partial charge in [-0.2, -0.15) is 0 Å². The summed E-state index contributed by atoms with van der Waals surface area (Å²) < 4.78 is 15.9. The molecule has 0 fully saturated rings. The minimum atomic E-state index is -0.0730. The predicted octanol–water partition coefficient (Wildman–Crippen LogP) is 3.08. The quantitative estimate of drug-likeness (QED) is 0.765. The van der Waals surface area contributed by atoms with E-state index in [9.17, 15) is 4.79 Å². The highest BCUT2D eigenvalue weighted by Gasteiger charge is 2.17. The number of carbonyl (C=O) groups excluding carboxylic acids is 1. The molecule has 2 aromatic rings. The van der Waals surface area contributed by atoms with Crippen molar-refractivity contribution in [2.24, 2.45) is 0 Å². The summed E-state index contributed by atoms with van der Waals surface area (Å²) in [5.41, 5.74) is 1.93. The average molecular weight is 286 g/mol. The van der Waals surface area contributed by atoms with Crippen molar-refractivity contribution in [1.82, 2.24) is 0 Å². The van der Waals surface area contributed by atoms with Crippen molar-refractivity contribution in [3.63, 3.8) is 0 Å². The number of carbonyl (C=O) groups is 1. The van der Waals surface area contributed by atoms with Gasteiger partial charge in [-0.3, -0.25) is 4.79 Å². The molecule has 0 aliphatic rings. The normalized spacial score (nSPS) is 10.2. The van der Waals surface area contributed by atoms with E-state index in [0.29, 0.717) is 29.2 Å². The lowest BCUT2D eigenvalue weighted by Gasteiger charge is -2.14. The first kappa shape index (κ1) is 15.1. The van der Waals surface area contributed by atoms with Crippen LogP contribution < -0.4 is 9.47 Å². The molecular formula is C17H18O4. The first-order valence-corrected chi connectivity index (χ1v) is 6.54. The molecule has 0 bridgehead atoms. The smallest absolute Gasteiger partial charge is 0.193 e. The summed E-state index contributed by atoms with van der Waals surface area (Å²) in [5.74, 6) is 1.09. The van der Waals surface area contributed by atoms with E-state index >= 15 is 0 Å². The number of hydrogen-bond donors (Lipinski definition) is 0. The molecule has 0 aliphatic heterocycles. The molecule has 0 saturated heterocycles. The van der Waals surface area contributed by atoms with Gasteiger partial charge in [-0.25, -0.2) is 0 Å². The SMILES string of the molecule is COCc1c(OC)cc(C(=O)c2ccccc2)cc1OC. The molecule has 0 saturated carbocycles. The third kappa shape index (κ3) is 3.23. The summed E-state index contributed by atoms with van der Waals surface area (Å²) in [6, 6.07) is 12.5. The van der Waals surface area contributed by atoms with Gasteiger partial charge in [-0.1, -0.05) is 30.3 Å². The zero-order valence-corrected chi connectivity index (χ0v) is 12.4. The van der Waals surface area contributed by atoms with E-state index in [1.807, 2.05) is 18.2 Å². The number of ether oxygens (including phenoxy) is 3. The molecule has 4 nitrogen and oxygen atoms in total. The number of benzene rings is 2. The van der Waals surface area contributed by atoms with E-state index in [0.717, 1.165) is 5.56 Å². The minimum Gasteiger partial charge on any atom is -0.496 e. The van der Waals surface area contributed by atoms with Crippen LogP contribution in [0.5, 0.6) is 11.5 Å². The van der Waals surface area contributed by atoms with Crippen molar-refractivity contribution < 1.29 is 19.0 Å². The van der Waals surface area contributed by atoms with Gasteiger partial charge in [0.2, 0.25) is 0 Å². The van der Waals surface area contributed by atoms with Gasteiger partial charge < -0.3 is 14.2 Å². The van der Waals surface area contributed by atoms with E-state index in [4.69, 9.17) is 14.2 Å². The Morgan fingerprint density at radius 1 is 0.905 bits per heavy atom. The fourth-order valence-corrected chi connectivity index (χ4v) is 2.16. The van der Waals surface area contributed by atoms with E-state index in [-0.39, 0.29) is 5.78 Å². The Morgan fingerprint density at radius 2 is 1.48 bits per heavy atom. The molecule has 0 aromatic heterocycles. The van der Waals surface area contributed by atoms with Gasteiger partial charge in [0.15, 0.2) is 5.78 Å². The molecule has 0 radical (unpaired) electrons. The van der Waals surface area contributed by atoms with Gasteiger partial charge in [0, 0.05) is 18.2 Å². The second-order valence-corrected chi connectivity index (χ2v) is 4.49. The molecule has 0 unspecified atom stereocenters. The zero-order valence-electron chi connectivity index (χ0n) is 12.4. The molecule has 4 heteroatoms. The summed E-state index contributed by atoms with van der Waals surface area (Å²) >= 11 is 0. The predicted molar refractivity (Wildman–Crippen MR) is 80.1 cm³/mol. The van der Waals surface area contributed by atoms with E-state index in [1.54, 1.807) is 45.6 Å². The molecular weight excluding hydrogens is 268 g/mol. The Kier molecular flexibility index (Phi) is 4.95. The Hall–Kier alpha value is -2.33. The first-order chi connectivity index (χ1) is 10.2. The largest absolute Gasteiger partial charge is 0.496 e. The van der Waals surface area contributed by atoms with E-state index in [2.05, 4.69) is 0 Å². The first-order valence-electron chi connectivity index (χ1n) is 6.54. The molecule has 0 heterocycles. The number of methoxy groups -OCH3 is 3. The van der Waals surface area contributed by atoms with Crippen molar-refractivity contribution >= 4 is 5.78 Å². The fraction of sp³-hybridized carbons (Fsp3) is 0.235. The third-order valence-electron chi connectivity index (χ3n) is 3.19. The molecule has 2 rings (SSSR count). The maximum Gasteiger partial charge on any atom is 0.193 e. The summed E-state index contributed by atoms with van der Waals surface area (Å²) in [7, 11) is 4.72. The van der Waals surface area contributed by atoms with Crippen LogP contribution >= 0.6 is 0 Å². The highest BCUT2D eigenvalue weighted by molar-refractivity contribution is 6.09. The van der Waals surface area contributed by atoms with Gasteiger partial charge in [-0.05, 0) is 12.1 Å². The minimum absolute atomic E-state index is 0.0730. The van der Waals surface area contributed by atoms with Gasteiger partial charge in [-0.15, -0.1) is 0 Å². The van der Waals surface area contributed by atoms with E-state index < -0.39 is 0 Å². The van der Waals surface area contributed by atoms with Gasteiger partial charge in [0.25, 0.3) is 0 Å². The highest BCUT2D eigenvalue weighted by Crippen LogP contribution is 2.32. The molecule has 0 aliphatic carbocycles. The lowest BCUT2D eigenvalue weighted by molar-refractivity contribution is 0.103. The lowest BCUT2D eigenvalue weighted by atomic mass is 10.0. The third-order valence-corrected chi connectivity index (χ3v) is 3.19. The molecule has 0 spiro atoms. The van der Waals surface area contributed by atoms with Crippen molar-refractivity contribution in [3.05, 3.63) is 59.2 Å². The molecule has 0 amide bonds. The Balaban J connectivity index is 2.48. The second-order valence-electron chi connectivity index (χ2n) is 4.49. The number of hydrogen-bond acceptors (Lipinski definition) is 4. The topological polar surface area (TPSA) is 44.8 Å². The Bertz CT molecular complexity index is 595. The number of ketones is 1. The van der Waals surface area contributed by atoms with Crippen molar-refractivity contribution in [3.8, 4) is 11.5 Å². The lowest BCUT2D eigenvalue weighted by Crippen LogP contribution is -2.05. The number of rotatable bonds is 6. The highest BCUT2D eigenvalue weighted by atomic mass is 16.5. The van der Waals surface area contributed by atoms with Gasteiger partial charge in [0.05, 0.1) is 26.4 Å². The maximum atomic E-state index is 12.5. The molecule has 0 atom stereocenters. The molecule has 0 N–H and O–H groups in total. The van der Waals surface area contributed by atoms with Gasteiger partial charge in [0.1, 0.15) is 11.5 Å². The van der Waals surface area contributed by atoms with Crippen molar-refractivity contribution in [1.29, 1.82) is 0 Å². The van der Waals surface area contributed by atoms with Crippen LogP contribution in [0, 0.1) is 0 Å². The van der Waals surface area contributed by atoms with Crippen molar-refractivity contribution in [2.45, 2.75) is 6.61 Å². The van der Waals surface area contributed by atoms with Crippen LogP contribution in [0.1, 0.15) is 21.5 Å². The van der Waals surface area contributed by atoms with Crippen LogP contribution in [0.2, 0.25) is 0 Å². The summed E-state index contributed by atoms with van der Waals surface area (Å²) in [4.78, 5) is 12.5. The second kappa shape index (κ2) is 6.90. The Labute approximate surface area is 124 Å². The summed E-state index contributed by atoms with van der Waals surface area (Å²) in [6.45, 7) is 0.353. The summed E-state index contributed by atoms with van der Waals surface area (Å²) in [5, 5.41) is 0. The average Bonchev–Trinajstić information content (AvgIpc) is 2.55. The molecule has 110 valence electrons. The van der Waals surface area contributed by atoms with Crippen LogP contribution in [0.25, 0.3) is 0 Å². The Morgan fingerprint density at radius 3 is 1.95 bits per heavy atom. The zero-order chi connectivity index (χ0) is 15.2. The molecule has 21 heavy (non-hydrogen) atoms. The van der Waals surface area contributed by atoms with Gasteiger partial charge >= 0.3 is 0 Å². The summed E-state index contributed by atoms with van der Waals surface area (Å²) in [6.07, 6.45) is 0. The van der Waals surface area contributed by atoms with Crippen LogP contribution in [-0.4, -0.2) is 27.1 Å². The maximum absolute atomic E-state index is 12.5.